The van der Waals surface area contributed by atoms with Crippen molar-refractivity contribution in [2.75, 3.05) is 20.3 Å². The predicted molar refractivity (Wildman–Crippen MR) is 52.5 cm³/mol. The molecule has 0 unspecified atom stereocenters. The van der Waals surface area contributed by atoms with Crippen molar-refractivity contribution >= 4 is 5.91 Å². The molecule has 1 aromatic rings. The van der Waals surface area contributed by atoms with Crippen LogP contribution in [0.4, 0.5) is 0 Å². The molecule has 0 fully saturated rings. The Bertz CT molecular complexity index is 399. The van der Waals surface area contributed by atoms with Crippen LogP contribution in [0.15, 0.2) is 23.1 Å². The fourth-order valence-corrected chi connectivity index (χ4v) is 0.933. The Morgan fingerprint density at radius 3 is 2.80 bits per heavy atom. The summed E-state index contributed by atoms with van der Waals surface area (Å²) in [7, 11) is 1.52. The van der Waals surface area contributed by atoms with Gasteiger partial charge in [0.15, 0.2) is 0 Å². The van der Waals surface area contributed by atoms with Gasteiger partial charge >= 0.3 is 0 Å². The minimum Gasteiger partial charge on any atom is -0.408 e. The topological polar surface area (TPSA) is 83.5 Å². The lowest BCUT2D eigenvalue weighted by molar-refractivity contribution is 0.0520. The van der Waals surface area contributed by atoms with Gasteiger partial charge in [0.25, 0.3) is 5.56 Å². The zero-order chi connectivity index (χ0) is 11.3. The van der Waals surface area contributed by atoms with E-state index in [0.29, 0.717) is 6.61 Å². The van der Waals surface area contributed by atoms with E-state index >= 15 is 0 Å². The van der Waals surface area contributed by atoms with E-state index in [9.17, 15) is 9.59 Å². The first-order valence-electron chi connectivity index (χ1n) is 4.30. The van der Waals surface area contributed by atoms with Crippen molar-refractivity contribution in [1.29, 1.82) is 0 Å². The first kappa shape index (κ1) is 11.3. The van der Waals surface area contributed by atoms with E-state index in [1.807, 2.05) is 0 Å². The molecule has 6 nitrogen and oxygen atoms in total. The molecule has 0 aliphatic rings. The molecule has 0 aromatic carbocycles. The molecule has 1 heterocycles. The summed E-state index contributed by atoms with van der Waals surface area (Å²) in [5.74, 6) is -0.612. The van der Waals surface area contributed by atoms with Crippen molar-refractivity contribution in [2.24, 2.45) is 5.73 Å². The van der Waals surface area contributed by atoms with Gasteiger partial charge in [0, 0.05) is 13.2 Å². The van der Waals surface area contributed by atoms with Crippen LogP contribution in [0, 0.1) is 0 Å². The molecular weight excluding hydrogens is 200 g/mol. The highest BCUT2D eigenvalue weighted by atomic mass is 16.7. The standard InChI is InChI=1S/C9H12N2O4/c1-14-4-5-15-11-6-7(9(10)13)2-3-8(11)12/h2-3,6H,4-5H2,1H3,(H2,10,13). The van der Waals surface area contributed by atoms with Crippen LogP contribution in [0.3, 0.4) is 0 Å². The van der Waals surface area contributed by atoms with Crippen molar-refractivity contribution in [1.82, 2.24) is 4.73 Å². The van der Waals surface area contributed by atoms with Gasteiger partial charge in [-0.15, -0.1) is 0 Å². The van der Waals surface area contributed by atoms with Crippen molar-refractivity contribution in [3.63, 3.8) is 0 Å². The summed E-state index contributed by atoms with van der Waals surface area (Å²) in [5.41, 5.74) is 4.90. The third-order valence-electron chi connectivity index (χ3n) is 1.68. The number of rotatable bonds is 5. The van der Waals surface area contributed by atoms with Crippen LogP contribution >= 0.6 is 0 Å². The average Bonchev–Trinajstić information content (AvgIpc) is 2.20. The average molecular weight is 212 g/mol. The molecule has 2 N–H and O–H groups in total. The number of methoxy groups -OCH3 is 1. The number of nitrogens with zero attached hydrogens (tertiary/aromatic N) is 1. The molecule has 15 heavy (non-hydrogen) atoms. The lowest BCUT2D eigenvalue weighted by Gasteiger charge is -2.07. The molecule has 0 bridgehead atoms. The zero-order valence-corrected chi connectivity index (χ0v) is 8.30. The summed E-state index contributed by atoms with van der Waals surface area (Å²) in [6, 6.07) is 2.56. The second-order valence-electron chi connectivity index (χ2n) is 2.77. The highest BCUT2D eigenvalue weighted by Gasteiger charge is 2.03. The number of carbonyl (C=O) groups excluding carboxylic acids is 1. The number of hydrogen-bond acceptors (Lipinski definition) is 4. The molecule has 0 saturated heterocycles. The first-order valence-corrected chi connectivity index (χ1v) is 4.30. The molecule has 0 atom stereocenters. The summed E-state index contributed by atoms with van der Waals surface area (Å²) >= 11 is 0. The summed E-state index contributed by atoms with van der Waals surface area (Å²) < 4.78 is 5.71. The summed E-state index contributed by atoms with van der Waals surface area (Å²) in [5, 5.41) is 0. The second kappa shape index (κ2) is 5.16. The summed E-state index contributed by atoms with van der Waals surface area (Å²) in [4.78, 5) is 27.1. The number of hydrogen-bond donors (Lipinski definition) is 1. The Kier molecular flexibility index (Phi) is 3.87. The Labute approximate surface area is 86.2 Å². The van der Waals surface area contributed by atoms with Crippen LogP contribution in [-0.2, 0) is 4.74 Å². The van der Waals surface area contributed by atoms with Gasteiger partial charge in [-0.05, 0) is 6.07 Å². The van der Waals surface area contributed by atoms with E-state index in [0.717, 1.165) is 4.73 Å². The van der Waals surface area contributed by atoms with E-state index in [-0.39, 0.29) is 17.7 Å². The van der Waals surface area contributed by atoms with Crippen LogP contribution in [-0.4, -0.2) is 31.0 Å². The Morgan fingerprint density at radius 1 is 1.47 bits per heavy atom. The third kappa shape index (κ3) is 3.10. The van der Waals surface area contributed by atoms with Crippen molar-refractivity contribution in [3.8, 4) is 0 Å². The Hall–Kier alpha value is -1.82. The molecule has 1 aromatic heterocycles. The smallest absolute Gasteiger partial charge is 0.283 e. The second-order valence-corrected chi connectivity index (χ2v) is 2.77. The van der Waals surface area contributed by atoms with Gasteiger partial charge in [-0.2, -0.15) is 4.73 Å². The fourth-order valence-electron chi connectivity index (χ4n) is 0.933. The summed E-state index contributed by atoms with van der Waals surface area (Å²) in [6.07, 6.45) is 1.25. The molecule has 0 aliphatic carbocycles. The molecule has 6 heteroatoms. The van der Waals surface area contributed by atoms with Gasteiger partial charge in [-0.25, -0.2) is 0 Å². The minimum absolute atomic E-state index is 0.215. The highest BCUT2D eigenvalue weighted by molar-refractivity contribution is 5.92. The number of carbonyl (C=O) groups is 1. The van der Waals surface area contributed by atoms with E-state index in [2.05, 4.69) is 0 Å². The maximum absolute atomic E-state index is 11.2. The normalized spacial score (nSPS) is 9.93. The predicted octanol–water partition coefficient (Wildman–Crippen LogP) is -0.978. The molecule has 1 rings (SSSR count). The number of amides is 1. The van der Waals surface area contributed by atoms with Crippen LogP contribution in [0.1, 0.15) is 10.4 Å². The van der Waals surface area contributed by atoms with Crippen molar-refractivity contribution < 1.29 is 14.4 Å². The van der Waals surface area contributed by atoms with Crippen LogP contribution in [0.2, 0.25) is 0 Å². The Balaban J connectivity index is 2.81. The van der Waals surface area contributed by atoms with Crippen LogP contribution in [0.5, 0.6) is 0 Å². The van der Waals surface area contributed by atoms with E-state index < -0.39 is 5.91 Å². The van der Waals surface area contributed by atoms with Crippen molar-refractivity contribution in [3.05, 3.63) is 34.2 Å². The number of primary amides is 1. The Morgan fingerprint density at radius 2 is 2.20 bits per heavy atom. The SMILES string of the molecule is COCCOn1cc(C(N)=O)ccc1=O. The lowest BCUT2D eigenvalue weighted by atomic mass is 10.3. The fraction of sp³-hybridized carbons (Fsp3) is 0.333. The molecule has 0 spiro atoms. The first-order chi connectivity index (χ1) is 7.15. The highest BCUT2D eigenvalue weighted by Crippen LogP contribution is 1.92. The molecule has 1 amide bonds. The van der Waals surface area contributed by atoms with Crippen LogP contribution < -0.4 is 16.1 Å². The van der Waals surface area contributed by atoms with E-state index in [1.165, 1.54) is 25.4 Å². The maximum Gasteiger partial charge on any atom is 0.283 e. The maximum atomic E-state index is 11.2. The van der Waals surface area contributed by atoms with Gasteiger partial charge in [0.2, 0.25) is 5.91 Å². The molecule has 82 valence electrons. The zero-order valence-electron chi connectivity index (χ0n) is 8.30. The van der Waals surface area contributed by atoms with Gasteiger partial charge in [0.1, 0.15) is 6.61 Å². The van der Waals surface area contributed by atoms with E-state index in [4.69, 9.17) is 15.3 Å². The molecule has 0 radical (unpaired) electrons. The number of ether oxygens (including phenoxy) is 1. The van der Waals surface area contributed by atoms with Gasteiger partial charge in [-0.1, -0.05) is 0 Å². The number of nitrogens with two attached hydrogens (primary N) is 1. The van der Waals surface area contributed by atoms with E-state index in [1.54, 1.807) is 0 Å². The monoisotopic (exact) mass is 212 g/mol. The van der Waals surface area contributed by atoms with Crippen LogP contribution in [0.25, 0.3) is 0 Å². The minimum atomic E-state index is -0.612. The van der Waals surface area contributed by atoms with Gasteiger partial charge in [-0.3, -0.25) is 9.59 Å². The molecular formula is C9H12N2O4. The molecule has 0 saturated carbocycles. The largest absolute Gasteiger partial charge is 0.408 e. The molecule has 0 aliphatic heterocycles. The number of aromatic nitrogens is 1. The quantitative estimate of drug-likeness (QED) is 0.636. The van der Waals surface area contributed by atoms with Gasteiger partial charge < -0.3 is 15.3 Å². The third-order valence-corrected chi connectivity index (χ3v) is 1.68. The summed E-state index contributed by atoms with van der Waals surface area (Å²) in [6.45, 7) is 0.575. The van der Waals surface area contributed by atoms with Gasteiger partial charge in [0.05, 0.1) is 18.4 Å². The lowest BCUT2D eigenvalue weighted by Crippen LogP contribution is -2.29. The van der Waals surface area contributed by atoms with Crippen molar-refractivity contribution in [2.45, 2.75) is 0 Å². The number of pyridine rings is 1.